The summed E-state index contributed by atoms with van der Waals surface area (Å²) >= 11 is 3.41. The third-order valence-corrected chi connectivity index (χ3v) is 3.74. The van der Waals surface area contributed by atoms with Crippen molar-refractivity contribution in [3.8, 4) is 11.5 Å². The SMILES string of the molecule is CCOc1ccc(C(=O)Nc2ccc(Br)cc2C)cc1OCC. The first kappa shape index (κ1) is 17.3. The van der Waals surface area contributed by atoms with E-state index < -0.39 is 0 Å². The summed E-state index contributed by atoms with van der Waals surface area (Å²) in [4.78, 5) is 12.5. The van der Waals surface area contributed by atoms with Crippen LogP contribution in [0.15, 0.2) is 40.9 Å². The van der Waals surface area contributed by atoms with Crippen LogP contribution in [-0.2, 0) is 0 Å². The summed E-state index contributed by atoms with van der Waals surface area (Å²) in [5, 5.41) is 2.92. The molecule has 0 atom stereocenters. The summed E-state index contributed by atoms with van der Waals surface area (Å²) < 4.78 is 12.1. The lowest BCUT2D eigenvalue weighted by Gasteiger charge is -2.13. The maximum atomic E-state index is 12.5. The fraction of sp³-hybridized carbons (Fsp3) is 0.278. The van der Waals surface area contributed by atoms with Crippen molar-refractivity contribution < 1.29 is 14.3 Å². The topological polar surface area (TPSA) is 47.6 Å². The van der Waals surface area contributed by atoms with Gasteiger partial charge in [-0.25, -0.2) is 0 Å². The number of halogens is 1. The Labute approximate surface area is 144 Å². The average molecular weight is 378 g/mol. The van der Waals surface area contributed by atoms with Crippen molar-refractivity contribution in [3.05, 3.63) is 52.0 Å². The molecule has 0 fully saturated rings. The van der Waals surface area contributed by atoms with E-state index in [-0.39, 0.29) is 5.91 Å². The number of carbonyl (C=O) groups is 1. The third-order valence-electron chi connectivity index (χ3n) is 3.24. The monoisotopic (exact) mass is 377 g/mol. The Morgan fingerprint density at radius 3 is 2.39 bits per heavy atom. The van der Waals surface area contributed by atoms with E-state index in [1.165, 1.54) is 0 Å². The summed E-state index contributed by atoms with van der Waals surface area (Å²) in [5.74, 6) is 1.04. The first-order valence-electron chi connectivity index (χ1n) is 7.52. The molecule has 23 heavy (non-hydrogen) atoms. The van der Waals surface area contributed by atoms with Crippen molar-refractivity contribution in [1.82, 2.24) is 0 Å². The number of aryl methyl sites for hydroxylation is 1. The lowest BCUT2D eigenvalue weighted by molar-refractivity contribution is 0.102. The molecule has 0 aliphatic carbocycles. The molecule has 0 saturated carbocycles. The zero-order valence-corrected chi connectivity index (χ0v) is 15.1. The van der Waals surface area contributed by atoms with E-state index >= 15 is 0 Å². The molecule has 0 aliphatic heterocycles. The summed E-state index contributed by atoms with van der Waals surface area (Å²) in [6.45, 7) is 6.81. The molecule has 0 saturated heterocycles. The first-order chi connectivity index (χ1) is 11.0. The molecule has 0 heterocycles. The van der Waals surface area contributed by atoms with E-state index in [9.17, 15) is 4.79 Å². The Morgan fingerprint density at radius 2 is 1.74 bits per heavy atom. The van der Waals surface area contributed by atoms with E-state index in [2.05, 4.69) is 21.2 Å². The van der Waals surface area contributed by atoms with Crippen LogP contribution in [0.2, 0.25) is 0 Å². The van der Waals surface area contributed by atoms with Gasteiger partial charge in [0.15, 0.2) is 11.5 Å². The molecule has 0 spiro atoms. The molecule has 0 aliphatic rings. The van der Waals surface area contributed by atoms with Crippen LogP contribution < -0.4 is 14.8 Å². The summed E-state index contributed by atoms with van der Waals surface area (Å²) in [6, 6.07) is 10.9. The second-order valence-corrected chi connectivity index (χ2v) is 5.86. The number of anilines is 1. The fourth-order valence-electron chi connectivity index (χ4n) is 2.15. The van der Waals surface area contributed by atoms with Crippen LogP contribution in [0.1, 0.15) is 29.8 Å². The Morgan fingerprint density at radius 1 is 1.04 bits per heavy atom. The second kappa shape index (κ2) is 8.02. The average Bonchev–Trinajstić information content (AvgIpc) is 2.52. The van der Waals surface area contributed by atoms with Crippen LogP contribution in [0.25, 0.3) is 0 Å². The molecule has 4 nitrogen and oxygen atoms in total. The lowest BCUT2D eigenvalue weighted by Crippen LogP contribution is -2.13. The van der Waals surface area contributed by atoms with Crippen molar-refractivity contribution in [2.45, 2.75) is 20.8 Å². The van der Waals surface area contributed by atoms with Gasteiger partial charge in [-0.05, 0) is 62.7 Å². The van der Waals surface area contributed by atoms with Gasteiger partial charge in [-0.15, -0.1) is 0 Å². The normalized spacial score (nSPS) is 10.3. The third kappa shape index (κ3) is 4.48. The van der Waals surface area contributed by atoms with Crippen molar-refractivity contribution in [2.24, 2.45) is 0 Å². The molecule has 0 radical (unpaired) electrons. The lowest BCUT2D eigenvalue weighted by atomic mass is 10.1. The number of nitrogens with one attached hydrogen (secondary N) is 1. The van der Waals surface area contributed by atoms with E-state index in [1.54, 1.807) is 18.2 Å². The van der Waals surface area contributed by atoms with Crippen molar-refractivity contribution in [2.75, 3.05) is 18.5 Å². The summed E-state index contributed by atoms with van der Waals surface area (Å²) in [5.41, 5.74) is 2.30. The standard InChI is InChI=1S/C18H20BrNO3/c1-4-22-16-9-6-13(11-17(16)23-5-2)18(21)20-15-8-7-14(19)10-12(15)3/h6-11H,4-5H2,1-3H3,(H,20,21). The highest BCUT2D eigenvalue weighted by Gasteiger charge is 2.12. The van der Waals surface area contributed by atoms with Gasteiger partial charge in [-0.2, -0.15) is 0 Å². The minimum absolute atomic E-state index is 0.181. The highest BCUT2D eigenvalue weighted by molar-refractivity contribution is 9.10. The Balaban J connectivity index is 2.23. The maximum absolute atomic E-state index is 12.5. The fourth-order valence-corrected chi connectivity index (χ4v) is 2.63. The Bertz CT molecular complexity index is 701. The van der Waals surface area contributed by atoms with Gasteiger partial charge in [0.05, 0.1) is 13.2 Å². The van der Waals surface area contributed by atoms with E-state index in [4.69, 9.17) is 9.47 Å². The molecule has 0 aromatic heterocycles. The van der Waals surface area contributed by atoms with Gasteiger partial charge in [0, 0.05) is 15.7 Å². The minimum atomic E-state index is -0.181. The molecule has 2 rings (SSSR count). The van der Waals surface area contributed by atoms with Crippen LogP contribution in [0, 0.1) is 6.92 Å². The van der Waals surface area contributed by atoms with Gasteiger partial charge in [0.2, 0.25) is 0 Å². The van der Waals surface area contributed by atoms with Gasteiger partial charge in [-0.3, -0.25) is 4.79 Å². The highest BCUT2D eigenvalue weighted by Crippen LogP contribution is 2.29. The van der Waals surface area contributed by atoms with E-state index in [1.807, 2.05) is 39.0 Å². The number of hydrogen-bond acceptors (Lipinski definition) is 3. The Kier molecular flexibility index (Phi) is 6.04. The van der Waals surface area contributed by atoms with Gasteiger partial charge in [0.1, 0.15) is 0 Å². The van der Waals surface area contributed by atoms with Crippen LogP contribution in [-0.4, -0.2) is 19.1 Å². The largest absolute Gasteiger partial charge is 0.490 e. The van der Waals surface area contributed by atoms with Gasteiger partial charge < -0.3 is 14.8 Å². The molecule has 122 valence electrons. The van der Waals surface area contributed by atoms with Crippen molar-refractivity contribution in [1.29, 1.82) is 0 Å². The van der Waals surface area contributed by atoms with E-state index in [0.29, 0.717) is 30.3 Å². The van der Waals surface area contributed by atoms with Crippen LogP contribution >= 0.6 is 15.9 Å². The smallest absolute Gasteiger partial charge is 0.255 e. The second-order valence-electron chi connectivity index (χ2n) is 4.94. The molecule has 2 aromatic rings. The molecule has 0 unspecified atom stereocenters. The van der Waals surface area contributed by atoms with Crippen LogP contribution in [0.5, 0.6) is 11.5 Å². The predicted molar refractivity (Wildman–Crippen MR) is 95.6 cm³/mol. The predicted octanol–water partition coefficient (Wildman–Crippen LogP) is 4.81. The molecule has 5 heteroatoms. The van der Waals surface area contributed by atoms with Gasteiger partial charge >= 0.3 is 0 Å². The number of carbonyl (C=O) groups excluding carboxylic acids is 1. The number of benzene rings is 2. The first-order valence-corrected chi connectivity index (χ1v) is 8.31. The zero-order valence-electron chi connectivity index (χ0n) is 13.5. The molecule has 1 amide bonds. The minimum Gasteiger partial charge on any atom is -0.490 e. The van der Waals surface area contributed by atoms with Gasteiger partial charge in [0.25, 0.3) is 5.91 Å². The molecule has 1 N–H and O–H groups in total. The van der Waals surface area contributed by atoms with Crippen LogP contribution in [0.3, 0.4) is 0 Å². The van der Waals surface area contributed by atoms with Crippen molar-refractivity contribution in [3.63, 3.8) is 0 Å². The molecular formula is C18H20BrNO3. The van der Waals surface area contributed by atoms with Crippen molar-refractivity contribution >= 4 is 27.5 Å². The summed E-state index contributed by atoms with van der Waals surface area (Å²) in [7, 11) is 0. The van der Waals surface area contributed by atoms with E-state index in [0.717, 1.165) is 15.7 Å². The zero-order chi connectivity index (χ0) is 16.8. The number of rotatable bonds is 6. The number of amides is 1. The summed E-state index contributed by atoms with van der Waals surface area (Å²) in [6.07, 6.45) is 0. The molecule has 0 bridgehead atoms. The van der Waals surface area contributed by atoms with Crippen LogP contribution in [0.4, 0.5) is 5.69 Å². The molecule has 2 aromatic carbocycles. The quantitative estimate of drug-likeness (QED) is 0.785. The Hall–Kier alpha value is -2.01. The molecular weight excluding hydrogens is 358 g/mol. The number of hydrogen-bond donors (Lipinski definition) is 1. The number of ether oxygens (including phenoxy) is 2. The van der Waals surface area contributed by atoms with Gasteiger partial charge in [-0.1, -0.05) is 15.9 Å². The highest BCUT2D eigenvalue weighted by atomic mass is 79.9. The maximum Gasteiger partial charge on any atom is 0.255 e.